The van der Waals surface area contributed by atoms with Crippen LogP contribution in [0.3, 0.4) is 0 Å². The van der Waals surface area contributed by atoms with E-state index in [1.54, 1.807) is 7.11 Å². The quantitative estimate of drug-likeness (QED) is 0.806. The Kier molecular flexibility index (Phi) is 6.77. The summed E-state index contributed by atoms with van der Waals surface area (Å²) < 4.78 is 32.2. The number of aliphatic hydroxyl groups excluding tert-OH is 1. The van der Waals surface area contributed by atoms with E-state index in [1.165, 1.54) is 12.1 Å². The molecule has 0 aromatic heterocycles. The first kappa shape index (κ1) is 19.7. The Morgan fingerprint density at radius 1 is 1.04 bits per heavy atom. The molecule has 27 heavy (non-hydrogen) atoms. The molecule has 146 valence electrons. The molecule has 0 saturated carbocycles. The van der Waals surface area contributed by atoms with Crippen molar-refractivity contribution in [2.45, 2.75) is 25.6 Å². The minimum Gasteiger partial charge on any atom is -0.497 e. The van der Waals surface area contributed by atoms with E-state index in [1.807, 2.05) is 18.2 Å². The third-order valence-electron chi connectivity index (χ3n) is 5.00. The highest BCUT2D eigenvalue weighted by Crippen LogP contribution is 2.21. The van der Waals surface area contributed by atoms with Crippen LogP contribution in [0.15, 0.2) is 42.5 Å². The van der Waals surface area contributed by atoms with E-state index in [9.17, 15) is 13.9 Å². The number of rotatable bonds is 7. The minimum absolute atomic E-state index is 0.113. The normalized spacial score (nSPS) is 18.6. The molecule has 6 heteroatoms. The standard InChI is InChI=1S/C21H26F2N2O2/c1-27-21-4-2-3-16(11-21)14-25-7-6-24(15-20(25)5-8-26)13-17-9-18(22)12-19(23)10-17/h2-4,9-12,20,26H,5-8,13-15H2,1H3/t20-/m0/s1. The molecule has 0 amide bonds. The molecule has 0 unspecified atom stereocenters. The predicted octanol–water partition coefficient (Wildman–Crippen LogP) is 3.04. The summed E-state index contributed by atoms with van der Waals surface area (Å²) in [5.74, 6) is -0.264. The highest BCUT2D eigenvalue weighted by molar-refractivity contribution is 5.28. The summed E-state index contributed by atoms with van der Waals surface area (Å²) in [6.07, 6.45) is 0.665. The van der Waals surface area contributed by atoms with Crippen molar-refractivity contribution < 1.29 is 18.6 Å². The number of hydrogen-bond acceptors (Lipinski definition) is 4. The van der Waals surface area contributed by atoms with Crippen LogP contribution in [-0.2, 0) is 13.1 Å². The summed E-state index contributed by atoms with van der Waals surface area (Å²) in [5, 5.41) is 9.47. The Bertz CT molecular complexity index is 736. The van der Waals surface area contributed by atoms with Crippen LogP contribution in [0.1, 0.15) is 17.5 Å². The molecule has 1 N–H and O–H groups in total. The van der Waals surface area contributed by atoms with Crippen LogP contribution in [0.4, 0.5) is 8.78 Å². The molecule has 1 saturated heterocycles. The average molecular weight is 376 g/mol. The van der Waals surface area contributed by atoms with E-state index < -0.39 is 11.6 Å². The molecule has 0 bridgehead atoms. The number of piperazine rings is 1. The van der Waals surface area contributed by atoms with Crippen molar-refractivity contribution in [1.82, 2.24) is 9.80 Å². The molecule has 1 heterocycles. The van der Waals surface area contributed by atoms with Gasteiger partial charge in [-0.2, -0.15) is 0 Å². The van der Waals surface area contributed by atoms with Gasteiger partial charge in [0.05, 0.1) is 7.11 Å². The van der Waals surface area contributed by atoms with Crippen molar-refractivity contribution in [1.29, 1.82) is 0 Å². The smallest absolute Gasteiger partial charge is 0.126 e. The van der Waals surface area contributed by atoms with Gasteiger partial charge >= 0.3 is 0 Å². The van der Waals surface area contributed by atoms with Crippen molar-refractivity contribution in [2.24, 2.45) is 0 Å². The first-order valence-corrected chi connectivity index (χ1v) is 9.22. The molecule has 2 aromatic carbocycles. The van der Waals surface area contributed by atoms with Crippen LogP contribution < -0.4 is 4.74 Å². The van der Waals surface area contributed by atoms with Gasteiger partial charge in [-0.25, -0.2) is 8.78 Å². The molecule has 4 nitrogen and oxygen atoms in total. The summed E-state index contributed by atoms with van der Waals surface area (Å²) in [6.45, 7) is 3.79. The molecule has 0 spiro atoms. The molecule has 2 aromatic rings. The van der Waals surface area contributed by atoms with Crippen LogP contribution >= 0.6 is 0 Å². The van der Waals surface area contributed by atoms with Crippen molar-refractivity contribution in [3.63, 3.8) is 0 Å². The van der Waals surface area contributed by atoms with Gasteiger partial charge in [0.25, 0.3) is 0 Å². The molecular formula is C21H26F2N2O2. The van der Waals surface area contributed by atoms with Crippen LogP contribution in [0.5, 0.6) is 5.75 Å². The first-order chi connectivity index (χ1) is 13.1. The van der Waals surface area contributed by atoms with Crippen LogP contribution in [0, 0.1) is 11.6 Å². The number of ether oxygens (including phenoxy) is 1. The Morgan fingerprint density at radius 3 is 2.52 bits per heavy atom. The zero-order valence-corrected chi connectivity index (χ0v) is 15.6. The third kappa shape index (κ3) is 5.48. The molecular weight excluding hydrogens is 350 g/mol. The lowest BCUT2D eigenvalue weighted by Gasteiger charge is -2.41. The lowest BCUT2D eigenvalue weighted by atomic mass is 10.1. The zero-order chi connectivity index (χ0) is 19.2. The van der Waals surface area contributed by atoms with Crippen LogP contribution in [-0.4, -0.2) is 54.3 Å². The Balaban J connectivity index is 1.65. The van der Waals surface area contributed by atoms with Crippen molar-refractivity contribution in [2.75, 3.05) is 33.4 Å². The van der Waals surface area contributed by atoms with E-state index in [0.717, 1.165) is 43.6 Å². The van der Waals surface area contributed by atoms with E-state index >= 15 is 0 Å². The van der Waals surface area contributed by atoms with Crippen molar-refractivity contribution >= 4 is 0 Å². The molecule has 1 aliphatic rings. The second-order valence-electron chi connectivity index (χ2n) is 7.00. The second kappa shape index (κ2) is 9.26. The highest BCUT2D eigenvalue weighted by atomic mass is 19.1. The fraction of sp³-hybridized carbons (Fsp3) is 0.429. The maximum Gasteiger partial charge on any atom is 0.126 e. The average Bonchev–Trinajstić information content (AvgIpc) is 2.63. The summed E-state index contributed by atoms with van der Waals surface area (Å²) in [4.78, 5) is 4.55. The van der Waals surface area contributed by atoms with Gasteiger partial charge in [-0.1, -0.05) is 12.1 Å². The first-order valence-electron chi connectivity index (χ1n) is 9.22. The summed E-state index contributed by atoms with van der Waals surface area (Å²) in [5.41, 5.74) is 1.80. The third-order valence-corrected chi connectivity index (χ3v) is 5.00. The molecule has 3 rings (SSSR count). The number of hydrogen-bond donors (Lipinski definition) is 1. The maximum absolute atomic E-state index is 13.4. The van der Waals surface area contributed by atoms with E-state index in [0.29, 0.717) is 18.5 Å². The van der Waals surface area contributed by atoms with E-state index in [2.05, 4.69) is 15.9 Å². The van der Waals surface area contributed by atoms with Gasteiger partial charge in [-0.3, -0.25) is 9.80 Å². The maximum atomic E-state index is 13.4. The zero-order valence-electron chi connectivity index (χ0n) is 15.6. The number of halogens is 2. The van der Waals surface area contributed by atoms with Gasteiger partial charge in [-0.15, -0.1) is 0 Å². The van der Waals surface area contributed by atoms with Gasteiger partial charge in [0.15, 0.2) is 0 Å². The number of methoxy groups -OCH3 is 1. The monoisotopic (exact) mass is 376 g/mol. The Morgan fingerprint density at radius 2 is 1.81 bits per heavy atom. The molecule has 1 fully saturated rings. The predicted molar refractivity (Wildman–Crippen MR) is 101 cm³/mol. The molecule has 1 aliphatic heterocycles. The van der Waals surface area contributed by atoms with Gasteiger partial charge < -0.3 is 9.84 Å². The van der Waals surface area contributed by atoms with E-state index in [4.69, 9.17) is 4.74 Å². The number of aliphatic hydroxyl groups is 1. The second-order valence-corrected chi connectivity index (χ2v) is 7.00. The summed E-state index contributed by atoms with van der Waals surface area (Å²) in [6, 6.07) is 11.8. The minimum atomic E-state index is -0.548. The van der Waals surface area contributed by atoms with Gasteiger partial charge in [0, 0.05) is 51.4 Å². The van der Waals surface area contributed by atoms with Gasteiger partial charge in [0.1, 0.15) is 17.4 Å². The SMILES string of the molecule is COc1cccc(CN2CCN(Cc3cc(F)cc(F)c3)C[C@@H]2CCO)c1. The molecule has 0 aliphatic carbocycles. The lowest BCUT2D eigenvalue weighted by molar-refractivity contribution is 0.0498. The highest BCUT2D eigenvalue weighted by Gasteiger charge is 2.26. The largest absolute Gasteiger partial charge is 0.497 e. The fourth-order valence-electron chi connectivity index (χ4n) is 3.70. The van der Waals surface area contributed by atoms with Gasteiger partial charge in [0.2, 0.25) is 0 Å². The Labute approximate surface area is 159 Å². The van der Waals surface area contributed by atoms with Gasteiger partial charge in [-0.05, 0) is 41.8 Å². The molecule has 1 atom stereocenters. The van der Waals surface area contributed by atoms with Crippen LogP contribution in [0.2, 0.25) is 0 Å². The summed E-state index contributed by atoms with van der Waals surface area (Å²) in [7, 11) is 1.65. The molecule has 0 radical (unpaired) electrons. The van der Waals surface area contributed by atoms with Crippen molar-refractivity contribution in [3.8, 4) is 5.75 Å². The Hall–Kier alpha value is -2.02. The van der Waals surface area contributed by atoms with Crippen molar-refractivity contribution in [3.05, 3.63) is 65.2 Å². The van der Waals surface area contributed by atoms with E-state index in [-0.39, 0.29) is 12.6 Å². The van der Waals surface area contributed by atoms with Crippen LogP contribution in [0.25, 0.3) is 0 Å². The number of nitrogens with zero attached hydrogens (tertiary/aromatic N) is 2. The lowest BCUT2D eigenvalue weighted by Crippen LogP contribution is -2.52. The number of benzene rings is 2. The topological polar surface area (TPSA) is 35.9 Å². The summed E-state index contributed by atoms with van der Waals surface area (Å²) >= 11 is 0. The fourth-order valence-corrected chi connectivity index (χ4v) is 3.70.